The number of thiophene rings is 1. The summed E-state index contributed by atoms with van der Waals surface area (Å²) in [5.74, 6) is 0. The van der Waals surface area contributed by atoms with Crippen LogP contribution < -0.4 is 0 Å². The maximum Gasteiger partial charge on any atom is 0.153 e. The van der Waals surface area contributed by atoms with Gasteiger partial charge in [0, 0.05) is 31.7 Å². The summed E-state index contributed by atoms with van der Waals surface area (Å²) in [5.41, 5.74) is 14.4. The van der Waals surface area contributed by atoms with E-state index in [9.17, 15) is 0 Å². The number of furan rings is 1. The molecule has 0 saturated carbocycles. The second-order valence-corrected chi connectivity index (χ2v) is 17.4. The third-order valence-electron chi connectivity index (χ3n) is 12.7. The fourth-order valence-electron chi connectivity index (χ4n) is 9.87. The van der Waals surface area contributed by atoms with E-state index in [2.05, 4.69) is 208 Å². The summed E-state index contributed by atoms with van der Waals surface area (Å²) in [5, 5.41) is 9.92. The van der Waals surface area contributed by atoms with Crippen LogP contribution in [-0.2, 0) is 5.41 Å². The van der Waals surface area contributed by atoms with Crippen molar-refractivity contribution in [1.82, 2.24) is 0 Å². The molecular formula is C57H38OS. The Hall–Kier alpha value is -7.00. The highest BCUT2D eigenvalue weighted by Crippen LogP contribution is 2.52. The third kappa shape index (κ3) is 5.16. The van der Waals surface area contributed by atoms with Crippen LogP contribution in [0, 0.1) is 0 Å². The van der Waals surface area contributed by atoms with Crippen molar-refractivity contribution in [2.75, 3.05) is 0 Å². The van der Waals surface area contributed by atoms with Gasteiger partial charge < -0.3 is 4.42 Å². The number of hydrogen-bond donors (Lipinski definition) is 0. The molecule has 0 fully saturated rings. The highest BCUT2D eigenvalue weighted by atomic mass is 32.1. The lowest BCUT2D eigenvalue weighted by molar-refractivity contribution is 0.661. The molecule has 59 heavy (non-hydrogen) atoms. The quantitative estimate of drug-likeness (QED) is 0.174. The molecule has 9 aromatic carbocycles. The molecule has 12 rings (SSSR count). The average Bonchev–Trinajstić information content (AvgIpc) is 3.93. The topological polar surface area (TPSA) is 13.1 Å². The highest BCUT2D eigenvalue weighted by molar-refractivity contribution is 7.26. The van der Waals surface area contributed by atoms with E-state index in [-0.39, 0.29) is 5.41 Å². The highest BCUT2D eigenvalue weighted by Gasteiger charge is 2.36. The Balaban J connectivity index is 0.995. The Morgan fingerprint density at radius 1 is 0.373 bits per heavy atom. The number of hydrogen-bond acceptors (Lipinski definition) is 2. The summed E-state index contributed by atoms with van der Waals surface area (Å²) in [6.07, 6.45) is 0. The van der Waals surface area contributed by atoms with Gasteiger partial charge in [-0.25, -0.2) is 0 Å². The van der Waals surface area contributed by atoms with Crippen LogP contribution in [0.25, 0.3) is 108 Å². The molecule has 2 heterocycles. The van der Waals surface area contributed by atoms with E-state index >= 15 is 0 Å². The first-order chi connectivity index (χ1) is 29.0. The van der Waals surface area contributed by atoms with Gasteiger partial charge >= 0.3 is 0 Å². The number of para-hydroxylation sites is 1. The van der Waals surface area contributed by atoms with E-state index in [0.29, 0.717) is 0 Å². The molecule has 1 aliphatic rings. The van der Waals surface area contributed by atoms with Crippen molar-refractivity contribution in [3.63, 3.8) is 0 Å². The van der Waals surface area contributed by atoms with Crippen molar-refractivity contribution in [1.29, 1.82) is 0 Å². The maximum atomic E-state index is 6.63. The van der Waals surface area contributed by atoms with E-state index < -0.39 is 0 Å². The lowest BCUT2D eigenvalue weighted by atomic mass is 9.80. The van der Waals surface area contributed by atoms with Gasteiger partial charge in [0.2, 0.25) is 0 Å². The fourth-order valence-corrected chi connectivity index (χ4v) is 11.1. The summed E-state index contributed by atoms with van der Waals surface area (Å²) >= 11 is 1.84. The average molecular weight is 771 g/mol. The van der Waals surface area contributed by atoms with Crippen LogP contribution in [0.1, 0.15) is 25.0 Å². The Labute approximate surface area is 346 Å². The predicted octanol–water partition coefficient (Wildman–Crippen LogP) is 16.7. The van der Waals surface area contributed by atoms with Gasteiger partial charge in [-0.1, -0.05) is 178 Å². The van der Waals surface area contributed by atoms with E-state index in [4.69, 9.17) is 4.42 Å². The van der Waals surface area contributed by atoms with Crippen LogP contribution in [0.3, 0.4) is 0 Å². The largest absolute Gasteiger partial charge is 0.455 e. The zero-order chi connectivity index (χ0) is 39.2. The maximum absolute atomic E-state index is 6.63. The van der Waals surface area contributed by atoms with Gasteiger partial charge in [0.05, 0.1) is 4.70 Å². The molecule has 0 spiro atoms. The molecule has 278 valence electrons. The summed E-state index contributed by atoms with van der Waals surface area (Å²) in [6, 6.07) is 71.2. The fraction of sp³-hybridized carbons (Fsp3) is 0.0526. The molecular weight excluding hydrogens is 733 g/mol. The molecule has 0 unspecified atom stereocenters. The van der Waals surface area contributed by atoms with Crippen molar-refractivity contribution in [2.24, 2.45) is 0 Å². The van der Waals surface area contributed by atoms with Crippen LogP contribution in [0.4, 0.5) is 0 Å². The Kier molecular flexibility index (Phi) is 7.51. The van der Waals surface area contributed by atoms with E-state index in [1.54, 1.807) is 0 Å². The monoisotopic (exact) mass is 770 g/mol. The van der Waals surface area contributed by atoms with Gasteiger partial charge in [-0.15, -0.1) is 11.3 Å². The van der Waals surface area contributed by atoms with E-state index in [0.717, 1.165) is 11.2 Å². The van der Waals surface area contributed by atoms with Gasteiger partial charge in [-0.05, 0) is 108 Å². The number of benzene rings is 8. The minimum Gasteiger partial charge on any atom is -0.455 e. The van der Waals surface area contributed by atoms with Crippen molar-refractivity contribution >= 4 is 75.0 Å². The molecule has 0 radical (unpaired) electrons. The molecule has 11 aromatic rings. The van der Waals surface area contributed by atoms with Crippen molar-refractivity contribution in [3.8, 4) is 44.5 Å². The van der Waals surface area contributed by atoms with Crippen LogP contribution in [0.2, 0.25) is 0 Å². The summed E-state index contributed by atoms with van der Waals surface area (Å²) < 4.78 is 9.12. The SMILES string of the molecule is CC1(C)c2cc(-c3ccc4sc5c6oc7ccccc7c6c6ccccc6c5c4c3)ccc2-c2ccc(-c3ccccccc(-c4ccccc4)c4ccccc34)cc21. The van der Waals surface area contributed by atoms with Gasteiger partial charge in [-0.3, -0.25) is 0 Å². The smallest absolute Gasteiger partial charge is 0.153 e. The van der Waals surface area contributed by atoms with E-state index in [1.165, 1.54) is 108 Å². The lowest BCUT2D eigenvalue weighted by Gasteiger charge is -2.23. The van der Waals surface area contributed by atoms with Crippen LogP contribution in [-0.4, -0.2) is 0 Å². The van der Waals surface area contributed by atoms with Crippen molar-refractivity contribution in [2.45, 2.75) is 19.3 Å². The van der Waals surface area contributed by atoms with Gasteiger partial charge in [0.25, 0.3) is 0 Å². The minimum absolute atomic E-state index is 0.192. The second-order valence-electron chi connectivity index (χ2n) is 16.4. The molecule has 1 aliphatic carbocycles. The molecule has 2 heteroatoms. The number of fused-ring (bicyclic) bond motifs is 14. The van der Waals surface area contributed by atoms with E-state index in [1.807, 2.05) is 11.3 Å². The normalized spacial score (nSPS) is 13.1. The van der Waals surface area contributed by atoms with Gasteiger partial charge in [0.1, 0.15) is 5.58 Å². The summed E-state index contributed by atoms with van der Waals surface area (Å²) in [6.45, 7) is 4.78. The van der Waals surface area contributed by atoms with Crippen molar-refractivity contribution in [3.05, 3.63) is 205 Å². The van der Waals surface area contributed by atoms with Crippen LogP contribution in [0.5, 0.6) is 0 Å². The first-order valence-electron chi connectivity index (χ1n) is 20.4. The Morgan fingerprint density at radius 3 is 1.59 bits per heavy atom. The first kappa shape index (κ1) is 34.1. The second kappa shape index (κ2) is 13.0. The Morgan fingerprint density at radius 2 is 0.881 bits per heavy atom. The first-order valence-corrected chi connectivity index (χ1v) is 21.2. The number of rotatable bonds is 3. The molecule has 0 atom stereocenters. The standard InChI is InChI=1S/C57H38OS/c1-57(2)49-33-37(36-28-31-52-48(32-36)54-46-23-13-12-22-45(46)53-47-24-14-15-25-51(47)58-55(53)56(54)59-52)26-29-43(49)44-30-27-38(34-50(44)57)40-19-9-4-3-8-18-39(35-16-6-5-7-17-35)41-20-10-11-21-42(40)41/h3-34H,1-2H3. The van der Waals surface area contributed by atoms with Gasteiger partial charge in [0.15, 0.2) is 5.58 Å². The zero-order valence-corrected chi connectivity index (χ0v) is 33.6. The molecule has 0 amide bonds. The van der Waals surface area contributed by atoms with Crippen molar-refractivity contribution < 1.29 is 4.42 Å². The molecule has 0 bridgehead atoms. The molecule has 0 saturated heterocycles. The zero-order valence-electron chi connectivity index (χ0n) is 32.8. The molecule has 2 aromatic heterocycles. The third-order valence-corrected chi connectivity index (χ3v) is 13.9. The Bertz CT molecular complexity index is 3580. The van der Waals surface area contributed by atoms with Gasteiger partial charge in [-0.2, -0.15) is 0 Å². The molecule has 1 nitrogen and oxygen atoms in total. The molecule has 0 aliphatic heterocycles. The lowest BCUT2D eigenvalue weighted by Crippen LogP contribution is -2.15. The predicted molar refractivity (Wildman–Crippen MR) is 253 cm³/mol. The summed E-state index contributed by atoms with van der Waals surface area (Å²) in [7, 11) is 0. The summed E-state index contributed by atoms with van der Waals surface area (Å²) in [4.78, 5) is 0. The van der Waals surface area contributed by atoms with Crippen LogP contribution >= 0.6 is 11.3 Å². The van der Waals surface area contributed by atoms with Crippen LogP contribution in [0.15, 0.2) is 199 Å². The minimum atomic E-state index is -0.192. The molecule has 0 N–H and O–H groups in total.